The molecule has 0 radical (unpaired) electrons. The highest BCUT2D eigenvalue weighted by atomic mass is 127. The van der Waals surface area contributed by atoms with E-state index >= 15 is 0 Å². The Kier molecular flexibility index (Phi) is 2.69. The predicted octanol–water partition coefficient (Wildman–Crippen LogP) is 3.44. The lowest BCUT2D eigenvalue weighted by atomic mass is 10.1. The van der Waals surface area contributed by atoms with Crippen molar-refractivity contribution in [2.75, 3.05) is 5.73 Å². The zero-order chi connectivity index (χ0) is 11.9. The molecule has 0 aliphatic carbocycles. The molecule has 1 heterocycles. The number of nitrogens with two attached hydrogens (primary N) is 1. The van der Waals surface area contributed by atoms with Gasteiger partial charge in [-0.1, -0.05) is 12.1 Å². The number of hydrogen-bond acceptors (Lipinski definition) is 2. The average molecular weight is 338 g/mol. The Labute approximate surface area is 103 Å². The van der Waals surface area contributed by atoms with Gasteiger partial charge in [0.05, 0.1) is 5.52 Å². The third kappa shape index (κ3) is 1.93. The average Bonchev–Trinajstić information content (AvgIpc) is 2.18. The Balaban J connectivity index is 2.81. The van der Waals surface area contributed by atoms with Crippen molar-refractivity contribution in [2.24, 2.45) is 0 Å². The number of nitrogen functional groups attached to an aromatic ring is 1. The summed E-state index contributed by atoms with van der Waals surface area (Å²) in [6.45, 7) is 0. The van der Waals surface area contributed by atoms with Crippen LogP contribution in [-0.4, -0.2) is 4.98 Å². The van der Waals surface area contributed by atoms with Gasteiger partial charge in [-0.25, -0.2) is 4.98 Å². The van der Waals surface area contributed by atoms with Crippen LogP contribution in [0, 0.1) is 3.57 Å². The van der Waals surface area contributed by atoms with Crippen LogP contribution in [-0.2, 0) is 6.18 Å². The SMILES string of the molecule is Nc1cc(C(F)(F)F)nc2c(I)cccc12. The van der Waals surface area contributed by atoms with Crippen LogP contribution in [0.2, 0.25) is 0 Å². The van der Waals surface area contributed by atoms with Crippen LogP contribution in [0.1, 0.15) is 5.69 Å². The van der Waals surface area contributed by atoms with Crippen molar-refractivity contribution in [1.29, 1.82) is 0 Å². The van der Waals surface area contributed by atoms with Crippen molar-refractivity contribution in [3.8, 4) is 0 Å². The van der Waals surface area contributed by atoms with Crippen LogP contribution in [0.5, 0.6) is 0 Å². The number of halogens is 4. The molecule has 2 aromatic rings. The van der Waals surface area contributed by atoms with Crippen molar-refractivity contribution in [3.63, 3.8) is 0 Å². The lowest BCUT2D eigenvalue weighted by Gasteiger charge is -2.09. The fraction of sp³-hybridized carbons (Fsp3) is 0.100. The van der Waals surface area contributed by atoms with Gasteiger partial charge in [0.1, 0.15) is 5.69 Å². The molecule has 16 heavy (non-hydrogen) atoms. The van der Waals surface area contributed by atoms with Crippen LogP contribution in [0.4, 0.5) is 18.9 Å². The van der Waals surface area contributed by atoms with Gasteiger partial charge in [-0.15, -0.1) is 0 Å². The predicted molar refractivity (Wildman–Crippen MR) is 63.9 cm³/mol. The number of fused-ring (bicyclic) bond motifs is 1. The summed E-state index contributed by atoms with van der Waals surface area (Å²) in [5, 5.41) is 0.542. The van der Waals surface area contributed by atoms with Gasteiger partial charge in [-0.05, 0) is 34.7 Å². The summed E-state index contributed by atoms with van der Waals surface area (Å²) in [7, 11) is 0. The van der Waals surface area contributed by atoms with Crippen LogP contribution >= 0.6 is 22.6 Å². The van der Waals surface area contributed by atoms with E-state index in [2.05, 4.69) is 4.98 Å². The molecule has 2 nitrogen and oxygen atoms in total. The van der Waals surface area contributed by atoms with Gasteiger partial charge in [0.15, 0.2) is 0 Å². The number of nitrogens with zero attached hydrogens (tertiary/aromatic N) is 1. The fourth-order valence-corrected chi connectivity index (χ4v) is 2.00. The van der Waals surface area contributed by atoms with Crippen LogP contribution in [0.25, 0.3) is 10.9 Å². The number of aromatic nitrogens is 1. The minimum Gasteiger partial charge on any atom is -0.398 e. The minimum absolute atomic E-state index is 0.0934. The maximum Gasteiger partial charge on any atom is 0.433 e. The highest BCUT2D eigenvalue weighted by Crippen LogP contribution is 2.32. The largest absolute Gasteiger partial charge is 0.433 e. The smallest absolute Gasteiger partial charge is 0.398 e. The Morgan fingerprint density at radius 3 is 2.56 bits per heavy atom. The van der Waals surface area contributed by atoms with Crippen LogP contribution < -0.4 is 5.73 Å². The molecule has 1 aromatic heterocycles. The zero-order valence-corrected chi connectivity index (χ0v) is 10.0. The molecule has 0 bridgehead atoms. The molecule has 2 N–H and O–H groups in total. The first-order chi connectivity index (χ1) is 7.39. The lowest BCUT2D eigenvalue weighted by molar-refractivity contribution is -0.140. The molecule has 0 spiro atoms. The van der Waals surface area contributed by atoms with Crippen molar-refractivity contribution >= 4 is 39.2 Å². The number of benzene rings is 1. The van der Waals surface area contributed by atoms with Gasteiger partial charge in [0.25, 0.3) is 0 Å². The van der Waals surface area contributed by atoms with Crippen molar-refractivity contribution in [3.05, 3.63) is 33.5 Å². The van der Waals surface area contributed by atoms with Gasteiger partial charge in [0, 0.05) is 14.6 Å². The molecule has 0 unspecified atom stereocenters. The number of para-hydroxylation sites is 1. The van der Waals surface area contributed by atoms with E-state index in [0.717, 1.165) is 6.07 Å². The fourth-order valence-electron chi connectivity index (χ4n) is 1.38. The van der Waals surface area contributed by atoms with Gasteiger partial charge in [-0.3, -0.25) is 0 Å². The van der Waals surface area contributed by atoms with E-state index in [9.17, 15) is 13.2 Å². The van der Waals surface area contributed by atoms with Crippen molar-refractivity contribution in [2.45, 2.75) is 6.18 Å². The van der Waals surface area contributed by atoms with Gasteiger partial charge < -0.3 is 5.73 Å². The normalized spacial score (nSPS) is 12.0. The topological polar surface area (TPSA) is 38.9 Å². The molecule has 84 valence electrons. The zero-order valence-electron chi connectivity index (χ0n) is 7.85. The molecule has 0 amide bonds. The number of alkyl halides is 3. The third-order valence-electron chi connectivity index (χ3n) is 2.11. The molecule has 0 aliphatic rings. The summed E-state index contributed by atoms with van der Waals surface area (Å²) in [4.78, 5) is 3.59. The first-order valence-electron chi connectivity index (χ1n) is 4.31. The summed E-state index contributed by atoms with van der Waals surface area (Å²) in [6.07, 6.45) is -4.47. The Morgan fingerprint density at radius 1 is 1.25 bits per heavy atom. The number of hydrogen-bond donors (Lipinski definition) is 1. The number of pyridine rings is 1. The molecule has 0 atom stereocenters. The lowest BCUT2D eigenvalue weighted by Crippen LogP contribution is -2.09. The highest BCUT2D eigenvalue weighted by molar-refractivity contribution is 14.1. The maximum atomic E-state index is 12.5. The molecule has 6 heteroatoms. The summed E-state index contributed by atoms with van der Waals surface area (Å²) >= 11 is 1.93. The first-order valence-corrected chi connectivity index (χ1v) is 5.39. The Morgan fingerprint density at radius 2 is 1.94 bits per heavy atom. The molecule has 1 aromatic carbocycles. The summed E-state index contributed by atoms with van der Waals surface area (Å²) in [5.41, 5.74) is 5.00. The van der Waals surface area contributed by atoms with Gasteiger partial charge >= 0.3 is 6.18 Å². The third-order valence-corrected chi connectivity index (χ3v) is 2.98. The minimum atomic E-state index is -4.47. The van der Waals surface area contributed by atoms with E-state index in [0.29, 0.717) is 8.96 Å². The molecular weight excluding hydrogens is 332 g/mol. The molecule has 0 saturated heterocycles. The van der Waals surface area contributed by atoms with Crippen molar-refractivity contribution < 1.29 is 13.2 Å². The molecule has 0 saturated carbocycles. The van der Waals surface area contributed by atoms with E-state index in [1.54, 1.807) is 18.2 Å². The van der Waals surface area contributed by atoms with Gasteiger partial charge in [-0.2, -0.15) is 13.2 Å². The Bertz CT molecular complexity index is 551. The number of rotatable bonds is 0. The second-order valence-electron chi connectivity index (χ2n) is 3.23. The second-order valence-corrected chi connectivity index (χ2v) is 4.39. The van der Waals surface area contributed by atoms with E-state index < -0.39 is 11.9 Å². The highest BCUT2D eigenvalue weighted by Gasteiger charge is 2.33. The first kappa shape index (κ1) is 11.4. The standard InChI is InChI=1S/C10H6F3IN2/c11-10(12,13)8-4-7(15)5-2-1-3-6(14)9(5)16-8/h1-4H,(H2,15,16). The summed E-state index contributed by atoms with van der Waals surface area (Å²) in [6, 6.07) is 5.93. The van der Waals surface area contributed by atoms with E-state index in [1.165, 1.54) is 0 Å². The van der Waals surface area contributed by atoms with Gasteiger partial charge in [0.2, 0.25) is 0 Å². The van der Waals surface area contributed by atoms with Crippen LogP contribution in [0.15, 0.2) is 24.3 Å². The molecule has 0 fully saturated rings. The summed E-state index contributed by atoms with van der Waals surface area (Å²) in [5.74, 6) is 0. The molecule has 0 aliphatic heterocycles. The van der Waals surface area contributed by atoms with E-state index in [-0.39, 0.29) is 11.2 Å². The summed E-state index contributed by atoms with van der Waals surface area (Å²) < 4.78 is 38.2. The van der Waals surface area contributed by atoms with Crippen molar-refractivity contribution in [1.82, 2.24) is 4.98 Å². The monoisotopic (exact) mass is 338 g/mol. The quantitative estimate of drug-likeness (QED) is 0.748. The van der Waals surface area contributed by atoms with E-state index in [4.69, 9.17) is 5.73 Å². The second kappa shape index (κ2) is 3.76. The molecule has 2 rings (SSSR count). The Hall–Kier alpha value is -1.05. The maximum absolute atomic E-state index is 12.5. The molecular formula is C10H6F3IN2. The van der Waals surface area contributed by atoms with E-state index in [1.807, 2.05) is 22.6 Å². The van der Waals surface area contributed by atoms with Crippen LogP contribution in [0.3, 0.4) is 0 Å². The number of anilines is 1.